The molecule has 0 spiro atoms. The zero-order valence-corrected chi connectivity index (χ0v) is 18.8. The average Bonchev–Trinajstić information content (AvgIpc) is 2.38. The second-order valence-corrected chi connectivity index (χ2v) is 15.4. The molecule has 0 N–H and O–H groups in total. The highest BCUT2D eigenvalue weighted by molar-refractivity contribution is 6.80. The van der Waals surface area contributed by atoms with Gasteiger partial charge in [-0.1, -0.05) is 41.5 Å². The summed E-state index contributed by atoms with van der Waals surface area (Å²) in [7, 11) is -0.539. The summed E-state index contributed by atoms with van der Waals surface area (Å²) in [5, 5.41) is 0. The second-order valence-electron chi connectivity index (χ2n) is 7.26. The normalized spacial score (nSPS) is 13.4. The van der Waals surface area contributed by atoms with E-state index in [4.69, 9.17) is 8.85 Å². The molecule has 0 amide bonds. The largest absolute Gasteiger partial charge is 0.397 e. The first kappa shape index (κ1) is 22.3. The van der Waals surface area contributed by atoms with E-state index in [0.29, 0.717) is 0 Å². The maximum absolute atomic E-state index is 5.80. The lowest BCUT2D eigenvalue weighted by Gasteiger charge is -2.49. The van der Waals surface area contributed by atoms with Crippen LogP contribution in [0, 0.1) is 0 Å². The van der Waals surface area contributed by atoms with E-state index in [2.05, 4.69) is 67.0 Å². The smallest absolute Gasteiger partial charge is 0.321 e. The van der Waals surface area contributed by atoms with Gasteiger partial charge in [-0.2, -0.15) is 0 Å². The molecule has 0 atom stereocenters. The summed E-state index contributed by atoms with van der Waals surface area (Å²) in [6, 6.07) is 1.13. The molecule has 134 valence electrons. The fourth-order valence-electron chi connectivity index (χ4n) is 4.60. The number of hydrogen-bond donors (Lipinski definition) is 0. The summed E-state index contributed by atoms with van der Waals surface area (Å²) in [6.45, 7) is 21.5. The maximum Gasteiger partial charge on any atom is 0.321 e. The van der Waals surface area contributed by atoms with Crippen molar-refractivity contribution < 1.29 is 8.85 Å². The van der Waals surface area contributed by atoms with E-state index < -0.39 is 17.5 Å². The fraction of sp³-hybridized carbons (Fsp3) is 1.00. The van der Waals surface area contributed by atoms with Crippen molar-refractivity contribution in [2.24, 2.45) is 0 Å². The molecular weight excluding hydrogens is 306 g/mol. The van der Waals surface area contributed by atoms with Crippen LogP contribution in [-0.2, 0) is 8.85 Å². The maximum atomic E-state index is 5.80. The van der Waals surface area contributed by atoms with Gasteiger partial charge < -0.3 is 13.4 Å². The van der Waals surface area contributed by atoms with Crippen LogP contribution in [0.1, 0.15) is 61.8 Å². The lowest BCUT2D eigenvalue weighted by atomic mass is 10.5. The quantitative estimate of drug-likeness (QED) is 0.474. The van der Waals surface area contributed by atoms with Crippen LogP contribution in [0.25, 0.3) is 0 Å². The summed E-state index contributed by atoms with van der Waals surface area (Å²) in [5.41, 5.74) is 2.35. The van der Waals surface area contributed by atoms with E-state index in [1.807, 2.05) is 0 Å². The Hall–Kier alpha value is 0.314. The number of rotatable bonds is 12. The van der Waals surface area contributed by atoms with Crippen LogP contribution in [-0.4, -0.2) is 48.9 Å². The van der Waals surface area contributed by atoms with Crippen LogP contribution in [0.3, 0.4) is 0 Å². The van der Waals surface area contributed by atoms with Crippen molar-refractivity contribution in [1.29, 1.82) is 0 Å². The molecule has 22 heavy (non-hydrogen) atoms. The van der Waals surface area contributed by atoms with Crippen molar-refractivity contribution in [3.63, 3.8) is 0 Å². The Kier molecular flexibility index (Phi) is 11.1. The highest BCUT2D eigenvalue weighted by Crippen LogP contribution is 2.43. The SMILES string of the molecule is CCO[SiH](CCCN(C)[Si](C(C)C)(C(C)C)C(C)C)OCC. The molecule has 0 aliphatic rings. The van der Waals surface area contributed by atoms with Crippen molar-refractivity contribution in [1.82, 2.24) is 4.57 Å². The average molecular weight is 348 g/mol. The summed E-state index contributed by atoms with van der Waals surface area (Å²) >= 11 is 0. The lowest BCUT2D eigenvalue weighted by molar-refractivity contribution is 0.212. The Balaban J connectivity index is 4.74. The van der Waals surface area contributed by atoms with E-state index >= 15 is 0 Å². The van der Waals surface area contributed by atoms with Gasteiger partial charge in [-0.3, -0.25) is 0 Å². The van der Waals surface area contributed by atoms with Gasteiger partial charge in [0.1, 0.15) is 8.24 Å². The van der Waals surface area contributed by atoms with Gasteiger partial charge in [-0.25, -0.2) is 0 Å². The number of nitrogens with zero attached hydrogens (tertiary/aromatic N) is 1. The predicted octanol–water partition coefficient (Wildman–Crippen LogP) is 4.78. The minimum atomic E-state index is -1.47. The summed E-state index contributed by atoms with van der Waals surface area (Å²) in [6.07, 6.45) is 1.20. The van der Waals surface area contributed by atoms with E-state index in [1.165, 1.54) is 13.0 Å². The molecule has 0 saturated heterocycles. The van der Waals surface area contributed by atoms with Crippen molar-refractivity contribution in [3.05, 3.63) is 0 Å². The Labute approximate surface area is 142 Å². The number of hydrogen-bond acceptors (Lipinski definition) is 3. The highest BCUT2D eigenvalue weighted by Gasteiger charge is 2.46. The molecule has 0 bridgehead atoms. The molecule has 5 heteroatoms. The second kappa shape index (κ2) is 11.0. The van der Waals surface area contributed by atoms with Crippen LogP contribution in [0.5, 0.6) is 0 Å². The van der Waals surface area contributed by atoms with Crippen molar-refractivity contribution in [2.45, 2.75) is 84.5 Å². The minimum absolute atomic E-state index is 0.782. The minimum Gasteiger partial charge on any atom is -0.397 e. The molecular formula is C17H41NO2Si2. The molecule has 3 nitrogen and oxygen atoms in total. The highest BCUT2D eigenvalue weighted by atomic mass is 28.3. The molecule has 0 rings (SSSR count). The lowest BCUT2D eigenvalue weighted by Crippen LogP contribution is -2.58. The third-order valence-corrected chi connectivity index (χ3v) is 14.5. The first-order valence-electron chi connectivity index (χ1n) is 9.19. The van der Waals surface area contributed by atoms with Crippen LogP contribution in [0.2, 0.25) is 22.7 Å². The van der Waals surface area contributed by atoms with Gasteiger partial charge in [0.2, 0.25) is 0 Å². The first-order valence-corrected chi connectivity index (χ1v) is 13.1. The van der Waals surface area contributed by atoms with Crippen LogP contribution < -0.4 is 0 Å². The third kappa shape index (κ3) is 5.75. The van der Waals surface area contributed by atoms with Crippen molar-refractivity contribution in [3.8, 4) is 0 Å². The van der Waals surface area contributed by atoms with Crippen LogP contribution in [0.15, 0.2) is 0 Å². The van der Waals surface area contributed by atoms with Gasteiger partial charge in [0.15, 0.2) is 0 Å². The Morgan fingerprint density at radius 2 is 1.27 bits per heavy atom. The van der Waals surface area contributed by atoms with E-state index in [9.17, 15) is 0 Å². The van der Waals surface area contributed by atoms with E-state index in [1.54, 1.807) is 0 Å². The van der Waals surface area contributed by atoms with Gasteiger partial charge in [-0.05, 0) is 56.5 Å². The molecule has 0 radical (unpaired) electrons. The Morgan fingerprint density at radius 1 is 0.864 bits per heavy atom. The Bertz CT molecular complexity index is 258. The van der Waals surface area contributed by atoms with Gasteiger partial charge in [0, 0.05) is 13.2 Å². The molecule has 0 heterocycles. The van der Waals surface area contributed by atoms with Crippen LogP contribution >= 0.6 is 0 Å². The summed E-state index contributed by atoms with van der Waals surface area (Å²) < 4.78 is 14.3. The molecule has 0 aromatic heterocycles. The van der Waals surface area contributed by atoms with E-state index in [-0.39, 0.29) is 0 Å². The zero-order valence-electron chi connectivity index (χ0n) is 16.6. The molecule has 0 aromatic carbocycles. The monoisotopic (exact) mass is 347 g/mol. The van der Waals surface area contributed by atoms with Gasteiger partial charge in [0.05, 0.1) is 0 Å². The summed E-state index contributed by atoms with van der Waals surface area (Å²) in [5.74, 6) is 0. The molecule has 0 unspecified atom stereocenters. The fourth-order valence-corrected chi connectivity index (χ4v) is 13.5. The molecule has 0 saturated carbocycles. The molecule has 0 aliphatic carbocycles. The topological polar surface area (TPSA) is 21.7 Å². The van der Waals surface area contributed by atoms with Crippen LogP contribution in [0.4, 0.5) is 0 Å². The first-order chi connectivity index (χ1) is 10.2. The summed E-state index contributed by atoms with van der Waals surface area (Å²) in [4.78, 5) is 0. The molecule has 0 aliphatic heterocycles. The predicted molar refractivity (Wildman–Crippen MR) is 104 cm³/mol. The molecule has 0 fully saturated rings. The zero-order chi connectivity index (χ0) is 17.3. The third-order valence-electron chi connectivity index (χ3n) is 5.07. The van der Waals surface area contributed by atoms with E-state index in [0.717, 1.165) is 35.9 Å². The standard InChI is InChI=1S/C17H41NO2Si2/c1-10-19-21(20-11-2)14-12-13-18(9)22(15(3)4,16(5)6)17(7)8/h15-17,21H,10-14H2,1-9H3. The van der Waals surface area contributed by atoms with Gasteiger partial charge in [0.25, 0.3) is 0 Å². The van der Waals surface area contributed by atoms with Gasteiger partial charge in [-0.15, -0.1) is 0 Å². The van der Waals surface area contributed by atoms with Gasteiger partial charge >= 0.3 is 9.28 Å². The molecule has 0 aromatic rings. The Morgan fingerprint density at radius 3 is 1.59 bits per heavy atom. The van der Waals surface area contributed by atoms with Crippen molar-refractivity contribution in [2.75, 3.05) is 26.8 Å². The van der Waals surface area contributed by atoms with Crippen molar-refractivity contribution >= 4 is 17.5 Å².